The molecule has 3 unspecified atom stereocenters. The second-order valence-electron chi connectivity index (χ2n) is 21.5. The molecule has 15 rings (SSSR count). The molecule has 2 bridgehead atoms. The van der Waals surface area contributed by atoms with E-state index in [0.717, 1.165) is 28.9 Å². The van der Waals surface area contributed by atoms with Crippen molar-refractivity contribution in [1.29, 1.82) is 0 Å². The van der Waals surface area contributed by atoms with Gasteiger partial charge in [0.05, 0.1) is 5.41 Å². The van der Waals surface area contributed by atoms with E-state index in [2.05, 4.69) is 237 Å². The molecule has 1 heteroatoms. The Morgan fingerprint density at radius 2 is 0.914 bits per heavy atom. The summed E-state index contributed by atoms with van der Waals surface area (Å²) in [6, 6.07) is 83.7. The number of rotatable bonds is 6. The zero-order chi connectivity index (χ0) is 46.3. The molecule has 5 aliphatic rings. The van der Waals surface area contributed by atoms with E-state index in [9.17, 15) is 0 Å². The molecular weight excluding hydrogens is 843 g/mol. The van der Waals surface area contributed by atoms with Crippen molar-refractivity contribution in [3.8, 4) is 55.6 Å². The lowest BCUT2D eigenvalue weighted by atomic mass is 9.69. The van der Waals surface area contributed by atoms with E-state index < -0.39 is 5.41 Å². The van der Waals surface area contributed by atoms with Crippen LogP contribution in [0.25, 0.3) is 66.4 Å². The number of hydrogen-bond acceptors (Lipinski definition) is 1. The van der Waals surface area contributed by atoms with Crippen molar-refractivity contribution in [1.82, 2.24) is 0 Å². The zero-order valence-corrected chi connectivity index (χ0v) is 39.8. The Bertz CT molecular complexity index is 3750. The summed E-state index contributed by atoms with van der Waals surface area (Å²) in [6.07, 6.45) is 5.53. The average molecular weight is 896 g/mol. The van der Waals surface area contributed by atoms with Crippen LogP contribution in [0.1, 0.15) is 84.4 Å². The third-order valence-corrected chi connectivity index (χ3v) is 17.8. The Hall–Kier alpha value is -7.74. The SMILES string of the molecule is CC1(C)c2ccccc2-c2cc(N(c3cccc(-c4cccc5cccc(-c6ccccc6)c45)c3)c3ccc4c(c3)C3(c5ccccc5-c5ccccc53)c3cc(C5CC6CCC5C6)ccc3-4)ccc21. The third-order valence-electron chi connectivity index (χ3n) is 17.8. The molecule has 10 aromatic rings. The van der Waals surface area contributed by atoms with Crippen molar-refractivity contribution >= 4 is 27.8 Å². The van der Waals surface area contributed by atoms with Gasteiger partial charge in [-0.2, -0.15) is 0 Å². The Kier molecular flexibility index (Phi) is 8.54. The molecule has 1 nitrogen and oxygen atoms in total. The molecule has 2 fully saturated rings. The average Bonchev–Trinajstić information content (AvgIpc) is 4.23. The van der Waals surface area contributed by atoms with Crippen LogP contribution >= 0.6 is 0 Å². The predicted molar refractivity (Wildman–Crippen MR) is 292 cm³/mol. The predicted octanol–water partition coefficient (Wildman–Crippen LogP) is 18.2. The minimum atomic E-state index is -0.452. The second kappa shape index (κ2) is 14.9. The fourth-order valence-corrected chi connectivity index (χ4v) is 14.7. The fraction of sp³-hybridized carbons (Fsp3) is 0.159. The highest BCUT2D eigenvalue weighted by Crippen LogP contribution is 2.65. The van der Waals surface area contributed by atoms with Gasteiger partial charge in [0.2, 0.25) is 0 Å². The van der Waals surface area contributed by atoms with Crippen molar-refractivity contribution < 1.29 is 0 Å². The molecule has 70 heavy (non-hydrogen) atoms. The summed E-state index contributed by atoms with van der Waals surface area (Å²) in [7, 11) is 0. The maximum absolute atomic E-state index is 2.67. The Balaban J connectivity index is 0.968. The first kappa shape index (κ1) is 40.2. The first-order valence-corrected chi connectivity index (χ1v) is 25.7. The summed E-state index contributed by atoms with van der Waals surface area (Å²) in [6.45, 7) is 4.76. The van der Waals surface area contributed by atoms with Crippen LogP contribution < -0.4 is 4.90 Å². The minimum Gasteiger partial charge on any atom is -0.310 e. The van der Waals surface area contributed by atoms with Gasteiger partial charge < -0.3 is 4.90 Å². The third kappa shape index (κ3) is 5.55. The Morgan fingerprint density at radius 3 is 1.63 bits per heavy atom. The molecule has 0 aromatic heterocycles. The largest absolute Gasteiger partial charge is 0.310 e. The van der Waals surface area contributed by atoms with Crippen molar-refractivity contribution in [2.75, 3.05) is 4.90 Å². The Morgan fingerprint density at radius 1 is 0.371 bits per heavy atom. The van der Waals surface area contributed by atoms with Crippen molar-refractivity contribution in [3.63, 3.8) is 0 Å². The summed E-state index contributed by atoms with van der Waals surface area (Å²) < 4.78 is 0. The number of nitrogens with zero attached hydrogens (tertiary/aromatic N) is 1. The molecular formula is C69H53N. The monoisotopic (exact) mass is 895 g/mol. The molecule has 2 saturated carbocycles. The van der Waals surface area contributed by atoms with Crippen LogP contribution in [-0.2, 0) is 10.8 Å². The molecule has 0 heterocycles. The van der Waals surface area contributed by atoms with Gasteiger partial charge in [0.15, 0.2) is 0 Å². The van der Waals surface area contributed by atoms with Crippen molar-refractivity contribution in [3.05, 3.63) is 257 Å². The van der Waals surface area contributed by atoms with Crippen LogP contribution in [0.15, 0.2) is 218 Å². The molecule has 334 valence electrons. The molecule has 1 spiro atoms. The van der Waals surface area contributed by atoms with E-state index in [1.54, 1.807) is 5.56 Å². The molecule has 5 aliphatic carbocycles. The second-order valence-corrected chi connectivity index (χ2v) is 21.5. The van der Waals surface area contributed by atoms with Gasteiger partial charge in [0.25, 0.3) is 0 Å². The quantitative estimate of drug-likeness (QED) is 0.161. The standard InChI is InChI=1S/C69H53N/c1-68(2)61-26-9-6-23-56(61)60-41-50(33-36-62(60)68)70(49-20-12-19-46(39-49)53-25-14-18-45-17-13-24-52(67(45)53)44-15-4-3-5-16-44)51-32-35-58-57-34-31-48(59-38-43-29-30-47(59)37-43)40-65(57)69(66(58)42-51)63-27-10-7-21-54(63)55-22-8-11-28-64(55)69/h3-28,31-36,39-43,47,59H,29-30,37-38H2,1-2H3. The molecule has 0 aliphatic heterocycles. The van der Waals surface area contributed by atoms with Crippen LogP contribution in [0.3, 0.4) is 0 Å². The summed E-state index contributed by atoms with van der Waals surface area (Å²) in [5, 5.41) is 2.52. The number of benzene rings is 10. The van der Waals surface area contributed by atoms with E-state index in [4.69, 9.17) is 0 Å². The lowest BCUT2D eigenvalue weighted by Gasteiger charge is -2.33. The smallest absolute Gasteiger partial charge is 0.0726 e. The van der Waals surface area contributed by atoms with Gasteiger partial charge >= 0.3 is 0 Å². The van der Waals surface area contributed by atoms with Gasteiger partial charge in [0, 0.05) is 22.5 Å². The van der Waals surface area contributed by atoms with Crippen LogP contribution in [-0.4, -0.2) is 0 Å². The van der Waals surface area contributed by atoms with Gasteiger partial charge in [-0.15, -0.1) is 0 Å². The molecule has 10 aromatic carbocycles. The molecule has 0 saturated heterocycles. The van der Waals surface area contributed by atoms with Crippen LogP contribution in [0, 0.1) is 11.8 Å². The highest BCUT2D eigenvalue weighted by Gasteiger charge is 2.52. The maximum atomic E-state index is 2.67. The number of anilines is 3. The molecule has 3 atom stereocenters. The van der Waals surface area contributed by atoms with Gasteiger partial charge in [-0.25, -0.2) is 0 Å². The lowest BCUT2D eigenvalue weighted by molar-refractivity contribution is 0.419. The summed E-state index contributed by atoms with van der Waals surface area (Å²) in [5.41, 5.74) is 25.8. The zero-order valence-electron chi connectivity index (χ0n) is 39.8. The highest BCUT2D eigenvalue weighted by molar-refractivity contribution is 6.07. The highest BCUT2D eigenvalue weighted by atomic mass is 15.1. The first-order valence-electron chi connectivity index (χ1n) is 25.7. The maximum Gasteiger partial charge on any atom is 0.0726 e. The van der Waals surface area contributed by atoms with Crippen molar-refractivity contribution in [2.45, 2.75) is 56.3 Å². The lowest BCUT2D eigenvalue weighted by Crippen LogP contribution is -2.26. The van der Waals surface area contributed by atoms with Crippen molar-refractivity contribution in [2.24, 2.45) is 11.8 Å². The fourth-order valence-electron chi connectivity index (χ4n) is 14.7. The van der Waals surface area contributed by atoms with E-state index in [0.29, 0.717) is 5.92 Å². The normalized spacial score (nSPS) is 18.9. The summed E-state index contributed by atoms with van der Waals surface area (Å²) >= 11 is 0. The van der Waals surface area contributed by atoms with Crippen LogP contribution in [0.5, 0.6) is 0 Å². The van der Waals surface area contributed by atoms with Gasteiger partial charge in [0.1, 0.15) is 0 Å². The number of fused-ring (bicyclic) bond motifs is 16. The van der Waals surface area contributed by atoms with Gasteiger partial charge in [-0.3, -0.25) is 0 Å². The van der Waals surface area contributed by atoms with Crippen LogP contribution in [0.2, 0.25) is 0 Å². The van der Waals surface area contributed by atoms with Gasteiger partial charge in [-0.1, -0.05) is 202 Å². The van der Waals surface area contributed by atoms with E-state index >= 15 is 0 Å². The topological polar surface area (TPSA) is 3.24 Å². The van der Waals surface area contributed by atoms with Crippen LogP contribution in [0.4, 0.5) is 17.1 Å². The van der Waals surface area contributed by atoms with Gasteiger partial charge in [-0.05, 0) is 179 Å². The van der Waals surface area contributed by atoms with E-state index in [1.807, 2.05) is 0 Å². The number of hydrogen-bond donors (Lipinski definition) is 0. The summed E-state index contributed by atoms with van der Waals surface area (Å²) in [4.78, 5) is 2.55. The molecule has 0 N–H and O–H groups in total. The van der Waals surface area contributed by atoms with E-state index in [-0.39, 0.29) is 5.41 Å². The minimum absolute atomic E-state index is 0.0914. The first-order chi connectivity index (χ1) is 34.4. The van der Waals surface area contributed by atoms with E-state index in [1.165, 1.54) is 125 Å². The Labute approximate surface area is 411 Å². The summed E-state index contributed by atoms with van der Waals surface area (Å²) in [5.74, 6) is 2.35. The molecule has 0 radical (unpaired) electrons. The molecule has 0 amide bonds.